The van der Waals surface area contributed by atoms with Crippen LogP contribution in [0.5, 0.6) is 0 Å². The molecule has 0 spiro atoms. The zero-order chi connectivity index (χ0) is 35.7. The van der Waals surface area contributed by atoms with E-state index in [1.165, 1.54) is 34.4 Å². The van der Waals surface area contributed by atoms with Gasteiger partial charge in [0.2, 0.25) is 5.91 Å². The van der Waals surface area contributed by atoms with Crippen LogP contribution in [0.1, 0.15) is 67.8 Å². The lowest BCUT2D eigenvalue weighted by atomic mass is 9.88. The number of anilines is 2. The van der Waals surface area contributed by atoms with Crippen LogP contribution < -0.4 is 16.0 Å². The number of ether oxygens (including phenoxy) is 1. The Bertz CT molecular complexity index is 2040. The molecule has 11 heteroatoms. The lowest BCUT2D eigenvalue weighted by molar-refractivity contribution is -0.116. The molecule has 0 radical (unpaired) electrons. The van der Waals surface area contributed by atoms with Crippen molar-refractivity contribution in [2.75, 3.05) is 17.2 Å². The second-order valence-corrected chi connectivity index (χ2v) is 15.2. The number of thioether (sulfide) groups is 1. The van der Waals surface area contributed by atoms with Crippen molar-refractivity contribution in [3.63, 3.8) is 0 Å². The van der Waals surface area contributed by atoms with E-state index in [1.807, 2.05) is 59.3 Å². The molecule has 0 aliphatic heterocycles. The van der Waals surface area contributed by atoms with Crippen molar-refractivity contribution in [3.05, 3.63) is 140 Å². The summed E-state index contributed by atoms with van der Waals surface area (Å²) >= 11 is 4.28. The molecule has 3 aromatic carbocycles. The third-order valence-corrected chi connectivity index (χ3v) is 11.4. The topological polar surface area (TPSA) is 114 Å². The highest BCUT2D eigenvalue weighted by Crippen LogP contribution is 2.42. The lowest BCUT2D eigenvalue weighted by Crippen LogP contribution is -2.30. The smallest absolute Gasteiger partial charge is 0.341 e. The Morgan fingerprint density at radius 1 is 0.961 bits per heavy atom. The summed E-state index contributed by atoms with van der Waals surface area (Å²) in [6, 6.07) is 27.2. The molecule has 0 saturated heterocycles. The minimum absolute atomic E-state index is 0.0901. The van der Waals surface area contributed by atoms with E-state index in [2.05, 4.69) is 22.9 Å². The Morgan fingerprint density at radius 3 is 2.45 bits per heavy atom. The standard InChI is InChI=1S/C40H37N3O5S3/c1-3-48-40(47)34-31-18-17-25(2)21-33(31)51-39(34)43-38(46)35(27-11-6-4-7-12-27)50-30-16-10-15-29(23-30)41-37(45)32(22-26-19-20-49-24-26)42-36(44)28-13-8-5-9-14-28/h4-16,19-20,22-25,35H,3,17-18,21H2,1-2H3,(H,41,45)(H,42,44)(H,43,46)/b32-22-. The molecule has 0 saturated carbocycles. The van der Waals surface area contributed by atoms with Gasteiger partial charge in [-0.3, -0.25) is 14.4 Å². The van der Waals surface area contributed by atoms with E-state index in [9.17, 15) is 19.2 Å². The molecule has 51 heavy (non-hydrogen) atoms. The minimum atomic E-state index is -0.676. The van der Waals surface area contributed by atoms with Gasteiger partial charge < -0.3 is 20.7 Å². The number of amides is 3. The summed E-state index contributed by atoms with van der Waals surface area (Å²) in [5, 5.41) is 12.4. The van der Waals surface area contributed by atoms with Crippen LogP contribution in [0, 0.1) is 5.92 Å². The van der Waals surface area contributed by atoms with Gasteiger partial charge in [0, 0.05) is 21.0 Å². The highest BCUT2D eigenvalue weighted by Gasteiger charge is 2.31. The summed E-state index contributed by atoms with van der Waals surface area (Å²) in [5.74, 6) is -1.09. The Hall–Kier alpha value is -4.97. The van der Waals surface area contributed by atoms with Crippen LogP contribution in [-0.2, 0) is 27.2 Å². The molecule has 3 N–H and O–H groups in total. The van der Waals surface area contributed by atoms with E-state index < -0.39 is 23.0 Å². The molecule has 5 aromatic rings. The van der Waals surface area contributed by atoms with Gasteiger partial charge >= 0.3 is 5.97 Å². The maximum absolute atomic E-state index is 14.2. The molecule has 2 atom stereocenters. The number of thiophene rings is 2. The maximum Gasteiger partial charge on any atom is 0.341 e. The van der Waals surface area contributed by atoms with Crippen molar-refractivity contribution < 1.29 is 23.9 Å². The van der Waals surface area contributed by atoms with Crippen LogP contribution in [0.4, 0.5) is 10.7 Å². The van der Waals surface area contributed by atoms with Gasteiger partial charge in [0.25, 0.3) is 11.8 Å². The number of fused-ring (bicyclic) bond motifs is 1. The van der Waals surface area contributed by atoms with E-state index in [-0.39, 0.29) is 18.2 Å². The highest BCUT2D eigenvalue weighted by atomic mass is 32.2. The second kappa shape index (κ2) is 16.8. The van der Waals surface area contributed by atoms with Crippen LogP contribution in [0.15, 0.2) is 112 Å². The molecular weight excluding hydrogens is 699 g/mol. The van der Waals surface area contributed by atoms with Crippen molar-refractivity contribution in [2.45, 2.75) is 43.3 Å². The van der Waals surface area contributed by atoms with Crippen molar-refractivity contribution in [3.8, 4) is 0 Å². The molecule has 6 rings (SSSR count). The van der Waals surface area contributed by atoms with Gasteiger partial charge in [-0.15, -0.1) is 23.1 Å². The number of carbonyl (C=O) groups excluding carboxylic acids is 4. The van der Waals surface area contributed by atoms with Crippen molar-refractivity contribution in [1.29, 1.82) is 0 Å². The van der Waals surface area contributed by atoms with Crippen molar-refractivity contribution in [1.82, 2.24) is 5.32 Å². The number of rotatable bonds is 12. The summed E-state index contributed by atoms with van der Waals surface area (Å²) in [6.07, 6.45) is 4.24. The van der Waals surface area contributed by atoms with Gasteiger partial charge in [-0.1, -0.05) is 61.5 Å². The highest BCUT2D eigenvalue weighted by molar-refractivity contribution is 8.00. The molecule has 0 bridgehead atoms. The monoisotopic (exact) mass is 735 g/mol. The molecule has 2 aromatic heterocycles. The van der Waals surface area contributed by atoms with Crippen LogP contribution in [0.3, 0.4) is 0 Å². The third-order valence-electron chi connectivity index (χ3n) is 8.30. The molecule has 2 unspecified atom stereocenters. The van der Waals surface area contributed by atoms with E-state index in [0.717, 1.165) is 45.7 Å². The quantitative estimate of drug-likeness (QED) is 0.0670. The number of nitrogens with one attached hydrogen (secondary N) is 3. The molecule has 260 valence electrons. The predicted octanol–water partition coefficient (Wildman–Crippen LogP) is 8.99. The zero-order valence-electron chi connectivity index (χ0n) is 28.1. The fraction of sp³-hybridized carbons (Fsp3) is 0.200. The SMILES string of the molecule is CCOC(=O)c1c(NC(=O)C(Sc2cccc(NC(=O)/C(=C/c3ccsc3)NC(=O)c3ccccc3)c2)c2ccccc2)sc2c1CCC(C)C2. The summed E-state index contributed by atoms with van der Waals surface area (Å²) in [6.45, 7) is 4.22. The Kier molecular flexibility index (Phi) is 11.8. The Labute approximate surface area is 309 Å². The molecule has 3 amide bonds. The van der Waals surface area contributed by atoms with Crippen LogP contribution >= 0.6 is 34.4 Å². The summed E-state index contributed by atoms with van der Waals surface area (Å²) in [7, 11) is 0. The first-order chi connectivity index (χ1) is 24.8. The second-order valence-electron chi connectivity index (χ2n) is 12.1. The van der Waals surface area contributed by atoms with Gasteiger partial charge in [-0.2, -0.15) is 11.3 Å². The summed E-state index contributed by atoms with van der Waals surface area (Å²) < 4.78 is 5.43. The van der Waals surface area contributed by atoms with Gasteiger partial charge in [-0.05, 0) is 102 Å². The predicted molar refractivity (Wildman–Crippen MR) is 206 cm³/mol. The maximum atomic E-state index is 14.2. The number of carbonyl (C=O) groups is 4. The van der Waals surface area contributed by atoms with E-state index in [0.29, 0.717) is 27.7 Å². The van der Waals surface area contributed by atoms with Gasteiger partial charge in [0.05, 0.1) is 12.2 Å². The third kappa shape index (κ3) is 9.04. The van der Waals surface area contributed by atoms with E-state index in [4.69, 9.17) is 4.74 Å². The molecule has 2 heterocycles. The molecule has 1 aliphatic rings. The van der Waals surface area contributed by atoms with Crippen LogP contribution in [0.25, 0.3) is 6.08 Å². The zero-order valence-corrected chi connectivity index (χ0v) is 30.6. The normalized spacial score (nSPS) is 14.5. The van der Waals surface area contributed by atoms with Crippen LogP contribution in [-0.4, -0.2) is 30.3 Å². The van der Waals surface area contributed by atoms with E-state index in [1.54, 1.807) is 55.5 Å². The van der Waals surface area contributed by atoms with Crippen molar-refractivity contribution in [2.24, 2.45) is 5.92 Å². The largest absolute Gasteiger partial charge is 0.462 e. The average Bonchev–Trinajstić information content (AvgIpc) is 3.78. The number of esters is 1. The molecule has 0 fully saturated rings. The first-order valence-corrected chi connectivity index (χ1v) is 19.3. The fourth-order valence-electron chi connectivity index (χ4n) is 5.78. The first-order valence-electron chi connectivity index (χ1n) is 16.6. The molecular formula is C40H37N3O5S3. The Morgan fingerprint density at radius 2 is 1.73 bits per heavy atom. The number of benzene rings is 3. The van der Waals surface area contributed by atoms with Gasteiger partial charge in [0.1, 0.15) is 15.9 Å². The number of hydrogen-bond acceptors (Lipinski definition) is 8. The Balaban J connectivity index is 1.24. The van der Waals surface area contributed by atoms with Crippen molar-refractivity contribution >= 4 is 74.9 Å². The van der Waals surface area contributed by atoms with Gasteiger partial charge in [-0.25, -0.2) is 4.79 Å². The van der Waals surface area contributed by atoms with Gasteiger partial charge in [0.15, 0.2) is 0 Å². The van der Waals surface area contributed by atoms with Crippen LogP contribution in [0.2, 0.25) is 0 Å². The first kappa shape index (κ1) is 35.8. The lowest BCUT2D eigenvalue weighted by Gasteiger charge is -2.19. The molecule has 1 aliphatic carbocycles. The fourth-order valence-corrected chi connectivity index (χ4v) is 8.89. The number of hydrogen-bond donors (Lipinski definition) is 3. The average molecular weight is 736 g/mol. The summed E-state index contributed by atoms with van der Waals surface area (Å²) in [5.41, 5.74) is 4.02. The summed E-state index contributed by atoms with van der Waals surface area (Å²) in [4.78, 5) is 55.8. The minimum Gasteiger partial charge on any atom is -0.462 e. The van der Waals surface area contributed by atoms with E-state index >= 15 is 0 Å². The molecule has 8 nitrogen and oxygen atoms in total.